The number of nitrogens with zero attached hydrogens (tertiary/aromatic N) is 2. The normalized spacial score (nSPS) is 16.3. The minimum atomic E-state index is -0.618. The lowest BCUT2D eigenvalue weighted by atomic mass is 10.2. The SMILES string of the molecule is O=C(OCc1csc(-c2ccc(F)cc2)n1)C1CCCN1C(=O)c1ccco1. The summed E-state index contributed by atoms with van der Waals surface area (Å²) < 4.78 is 23.6. The van der Waals surface area contributed by atoms with E-state index in [-0.39, 0.29) is 24.1 Å². The molecule has 1 saturated heterocycles. The second-order valence-corrected chi connectivity index (χ2v) is 7.25. The van der Waals surface area contributed by atoms with Crippen LogP contribution in [0.15, 0.2) is 52.5 Å². The quantitative estimate of drug-likeness (QED) is 0.608. The maximum Gasteiger partial charge on any atom is 0.329 e. The number of hydrogen-bond donors (Lipinski definition) is 0. The van der Waals surface area contributed by atoms with Crippen LogP contribution in [0.1, 0.15) is 29.1 Å². The number of amides is 1. The van der Waals surface area contributed by atoms with Crippen LogP contribution >= 0.6 is 11.3 Å². The van der Waals surface area contributed by atoms with Crippen molar-refractivity contribution in [2.24, 2.45) is 0 Å². The molecule has 2 aromatic heterocycles. The smallest absolute Gasteiger partial charge is 0.329 e. The van der Waals surface area contributed by atoms with Gasteiger partial charge in [-0.1, -0.05) is 0 Å². The van der Waals surface area contributed by atoms with Gasteiger partial charge in [0.05, 0.1) is 12.0 Å². The molecule has 1 amide bonds. The summed E-state index contributed by atoms with van der Waals surface area (Å²) in [5, 5.41) is 2.52. The first-order chi connectivity index (χ1) is 13.6. The maximum absolute atomic E-state index is 13.0. The number of thiazole rings is 1. The van der Waals surface area contributed by atoms with E-state index in [1.54, 1.807) is 29.6 Å². The molecule has 8 heteroatoms. The summed E-state index contributed by atoms with van der Waals surface area (Å²) in [6, 6.07) is 8.66. The third kappa shape index (κ3) is 3.82. The number of ether oxygens (including phenoxy) is 1. The molecule has 1 atom stereocenters. The van der Waals surface area contributed by atoms with Crippen molar-refractivity contribution in [3.63, 3.8) is 0 Å². The van der Waals surface area contributed by atoms with Gasteiger partial charge in [-0.15, -0.1) is 11.3 Å². The molecular weight excluding hydrogens is 383 g/mol. The zero-order chi connectivity index (χ0) is 19.5. The summed E-state index contributed by atoms with van der Waals surface area (Å²) >= 11 is 1.39. The van der Waals surface area contributed by atoms with Gasteiger partial charge in [-0.25, -0.2) is 14.2 Å². The fourth-order valence-corrected chi connectivity index (χ4v) is 3.95. The predicted molar refractivity (Wildman–Crippen MR) is 100 cm³/mol. The van der Waals surface area contributed by atoms with Crippen molar-refractivity contribution in [3.8, 4) is 10.6 Å². The highest BCUT2D eigenvalue weighted by molar-refractivity contribution is 7.13. The maximum atomic E-state index is 13.0. The Balaban J connectivity index is 1.37. The summed E-state index contributed by atoms with van der Waals surface area (Å²) in [5.41, 5.74) is 1.41. The Labute approximate surface area is 164 Å². The average Bonchev–Trinajstić information content (AvgIpc) is 3.47. The van der Waals surface area contributed by atoms with Gasteiger partial charge in [-0.05, 0) is 49.2 Å². The fourth-order valence-electron chi connectivity index (χ4n) is 3.14. The van der Waals surface area contributed by atoms with Crippen LogP contribution in [0, 0.1) is 5.82 Å². The summed E-state index contributed by atoms with van der Waals surface area (Å²) in [6.45, 7) is 0.514. The van der Waals surface area contributed by atoms with Gasteiger partial charge in [0.2, 0.25) is 0 Å². The molecule has 1 fully saturated rings. The average molecular weight is 400 g/mol. The summed E-state index contributed by atoms with van der Waals surface area (Å²) in [7, 11) is 0. The van der Waals surface area contributed by atoms with Crippen LogP contribution in [0.25, 0.3) is 10.6 Å². The molecule has 0 spiro atoms. The van der Waals surface area contributed by atoms with E-state index in [4.69, 9.17) is 9.15 Å². The molecule has 0 aliphatic carbocycles. The molecule has 3 heterocycles. The predicted octanol–water partition coefficient (Wildman–Crippen LogP) is 3.89. The Morgan fingerprint density at radius 2 is 2.11 bits per heavy atom. The zero-order valence-corrected chi connectivity index (χ0v) is 15.7. The van der Waals surface area contributed by atoms with Crippen LogP contribution in [0.5, 0.6) is 0 Å². The van der Waals surface area contributed by atoms with Gasteiger partial charge < -0.3 is 14.1 Å². The third-order valence-electron chi connectivity index (χ3n) is 4.52. The van der Waals surface area contributed by atoms with Gasteiger partial charge in [0, 0.05) is 17.5 Å². The van der Waals surface area contributed by atoms with Crippen LogP contribution in [-0.4, -0.2) is 34.3 Å². The summed E-state index contributed by atoms with van der Waals surface area (Å²) in [5.74, 6) is -0.853. The van der Waals surface area contributed by atoms with Gasteiger partial charge in [0.15, 0.2) is 5.76 Å². The lowest BCUT2D eigenvalue weighted by Gasteiger charge is -2.22. The van der Waals surface area contributed by atoms with Crippen LogP contribution in [-0.2, 0) is 16.1 Å². The molecular formula is C20H17FN2O4S. The number of esters is 1. The number of aromatic nitrogens is 1. The molecule has 1 aliphatic rings. The van der Waals surface area contributed by atoms with E-state index in [1.807, 2.05) is 0 Å². The zero-order valence-electron chi connectivity index (χ0n) is 14.8. The number of halogens is 1. The molecule has 144 valence electrons. The van der Waals surface area contributed by atoms with Crippen molar-refractivity contribution in [2.75, 3.05) is 6.54 Å². The van der Waals surface area contributed by atoms with E-state index >= 15 is 0 Å². The van der Waals surface area contributed by atoms with Gasteiger partial charge >= 0.3 is 5.97 Å². The van der Waals surface area contributed by atoms with Crippen molar-refractivity contribution in [3.05, 3.63) is 65.3 Å². The highest BCUT2D eigenvalue weighted by Gasteiger charge is 2.36. The van der Waals surface area contributed by atoms with E-state index in [2.05, 4.69) is 4.98 Å². The van der Waals surface area contributed by atoms with Crippen molar-refractivity contribution < 1.29 is 23.1 Å². The van der Waals surface area contributed by atoms with E-state index < -0.39 is 12.0 Å². The van der Waals surface area contributed by atoms with Crippen molar-refractivity contribution >= 4 is 23.2 Å². The van der Waals surface area contributed by atoms with E-state index in [0.717, 1.165) is 17.0 Å². The Kier molecular flexibility index (Phi) is 5.21. The second-order valence-electron chi connectivity index (χ2n) is 6.39. The highest BCUT2D eigenvalue weighted by atomic mass is 32.1. The number of carbonyl (C=O) groups excluding carboxylic acids is 2. The Bertz CT molecular complexity index is 969. The molecule has 0 N–H and O–H groups in total. The number of carbonyl (C=O) groups is 2. The van der Waals surface area contributed by atoms with Crippen molar-refractivity contribution in [1.29, 1.82) is 0 Å². The molecule has 0 radical (unpaired) electrons. The molecule has 1 aromatic carbocycles. The minimum Gasteiger partial charge on any atom is -0.459 e. The molecule has 1 unspecified atom stereocenters. The lowest BCUT2D eigenvalue weighted by molar-refractivity contribution is -0.149. The fraction of sp³-hybridized carbons (Fsp3) is 0.250. The lowest BCUT2D eigenvalue weighted by Crippen LogP contribution is -2.41. The Hall–Kier alpha value is -3.00. The number of likely N-dealkylation sites (tertiary alicyclic amines) is 1. The molecule has 4 rings (SSSR count). The number of rotatable bonds is 5. The topological polar surface area (TPSA) is 72.6 Å². The Morgan fingerprint density at radius 3 is 2.86 bits per heavy atom. The van der Waals surface area contributed by atoms with Gasteiger partial charge in [-0.2, -0.15) is 0 Å². The van der Waals surface area contributed by atoms with Crippen molar-refractivity contribution in [2.45, 2.75) is 25.5 Å². The van der Waals surface area contributed by atoms with E-state index in [1.165, 1.54) is 34.6 Å². The van der Waals surface area contributed by atoms with Crippen LogP contribution < -0.4 is 0 Å². The monoisotopic (exact) mass is 400 g/mol. The molecule has 0 bridgehead atoms. The molecule has 1 aliphatic heterocycles. The van der Waals surface area contributed by atoms with Gasteiger partial charge in [-0.3, -0.25) is 4.79 Å². The third-order valence-corrected chi connectivity index (χ3v) is 5.46. The first-order valence-corrected chi connectivity index (χ1v) is 9.71. The molecule has 0 saturated carbocycles. The summed E-state index contributed by atoms with van der Waals surface area (Å²) in [6.07, 6.45) is 2.72. The Morgan fingerprint density at radius 1 is 1.29 bits per heavy atom. The van der Waals surface area contributed by atoms with E-state index in [9.17, 15) is 14.0 Å². The highest BCUT2D eigenvalue weighted by Crippen LogP contribution is 2.25. The number of furan rings is 1. The summed E-state index contributed by atoms with van der Waals surface area (Å²) in [4.78, 5) is 30.9. The first kappa shape index (κ1) is 18.4. The van der Waals surface area contributed by atoms with Gasteiger partial charge in [0.1, 0.15) is 23.5 Å². The van der Waals surface area contributed by atoms with Crippen LogP contribution in [0.2, 0.25) is 0 Å². The molecule has 28 heavy (non-hydrogen) atoms. The van der Waals surface area contributed by atoms with Gasteiger partial charge in [0.25, 0.3) is 5.91 Å². The van der Waals surface area contributed by atoms with Crippen molar-refractivity contribution in [1.82, 2.24) is 9.88 Å². The number of hydrogen-bond acceptors (Lipinski definition) is 6. The second kappa shape index (κ2) is 7.93. The first-order valence-electron chi connectivity index (χ1n) is 8.83. The molecule has 3 aromatic rings. The largest absolute Gasteiger partial charge is 0.459 e. The minimum absolute atomic E-state index is 0.0236. The van der Waals surface area contributed by atoms with E-state index in [0.29, 0.717) is 18.7 Å². The van der Waals surface area contributed by atoms with Crippen LogP contribution in [0.3, 0.4) is 0 Å². The van der Waals surface area contributed by atoms with Crippen LogP contribution in [0.4, 0.5) is 4.39 Å². The standard InChI is InChI=1S/C20H17FN2O4S/c21-14-7-5-13(6-8-14)18-22-15(12-28-18)11-27-20(25)16-3-1-9-23(16)19(24)17-4-2-10-26-17/h2,4-8,10,12,16H,1,3,9,11H2. The number of benzene rings is 1. The molecule has 6 nitrogen and oxygen atoms in total.